The minimum Gasteiger partial charge on any atom is -0.334 e. The predicted molar refractivity (Wildman–Crippen MR) is 83.4 cm³/mol. The Balaban J connectivity index is 1.52. The smallest absolute Gasteiger partial charge is 0.274 e. The third-order valence-electron chi connectivity index (χ3n) is 5.89. The summed E-state index contributed by atoms with van der Waals surface area (Å²) in [5, 5.41) is 1.03. The third-order valence-corrected chi connectivity index (χ3v) is 6.72. The maximum absolute atomic E-state index is 13.0. The molecule has 6 rings (SSSR count). The molecule has 1 aromatic carbocycles. The summed E-state index contributed by atoms with van der Waals surface area (Å²) in [6.45, 7) is 0.969. The fourth-order valence-corrected chi connectivity index (χ4v) is 5.76. The molecule has 4 heteroatoms. The van der Waals surface area contributed by atoms with Gasteiger partial charge in [-0.25, -0.2) is 0 Å². The molecule has 108 valence electrons. The third kappa shape index (κ3) is 1.65. The van der Waals surface area contributed by atoms with E-state index in [0.29, 0.717) is 11.7 Å². The number of amides is 1. The van der Waals surface area contributed by atoms with Crippen LogP contribution >= 0.6 is 11.5 Å². The predicted octanol–water partition coefficient (Wildman–Crippen LogP) is 3.56. The molecule has 2 heterocycles. The van der Waals surface area contributed by atoms with Crippen LogP contribution in [0.4, 0.5) is 0 Å². The maximum Gasteiger partial charge on any atom is 0.274 e. The van der Waals surface area contributed by atoms with Crippen LogP contribution < -0.4 is 0 Å². The second-order valence-corrected chi connectivity index (χ2v) is 7.70. The van der Waals surface area contributed by atoms with Crippen molar-refractivity contribution in [2.24, 2.45) is 17.8 Å². The SMILES string of the molecule is O=C(c1nsc2ccccc12)N1C[C@@H]2C[C@H]3CCC2[C@@H]1C3. The molecule has 21 heavy (non-hydrogen) atoms. The normalized spacial score (nSPS) is 33.8. The Hall–Kier alpha value is -1.42. The maximum atomic E-state index is 13.0. The van der Waals surface area contributed by atoms with Crippen molar-refractivity contribution in [3.63, 3.8) is 0 Å². The molecular weight excluding hydrogens is 280 g/mol. The van der Waals surface area contributed by atoms with Crippen LogP contribution in [0.5, 0.6) is 0 Å². The molecule has 4 atom stereocenters. The van der Waals surface area contributed by atoms with Crippen LogP contribution in [-0.2, 0) is 0 Å². The second kappa shape index (κ2) is 4.29. The Labute approximate surface area is 128 Å². The summed E-state index contributed by atoms with van der Waals surface area (Å²) in [5.41, 5.74) is 0.680. The largest absolute Gasteiger partial charge is 0.334 e. The van der Waals surface area contributed by atoms with E-state index < -0.39 is 0 Å². The lowest BCUT2D eigenvalue weighted by molar-refractivity contribution is 0.0607. The zero-order chi connectivity index (χ0) is 14.0. The summed E-state index contributed by atoms with van der Waals surface area (Å²) in [6, 6.07) is 8.58. The number of fused-ring (bicyclic) bond motifs is 2. The molecule has 1 amide bonds. The molecule has 4 aliphatic rings. The summed E-state index contributed by atoms with van der Waals surface area (Å²) >= 11 is 1.44. The van der Waals surface area contributed by atoms with E-state index >= 15 is 0 Å². The van der Waals surface area contributed by atoms with Crippen molar-refractivity contribution < 1.29 is 4.79 Å². The van der Waals surface area contributed by atoms with Crippen molar-refractivity contribution in [1.29, 1.82) is 0 Å². The van der Waals surface area contributed by atoms with Crippen LogP contribution in [0.15, 0.2) is 24.3 Å². The molecule has 1 aromatic heterocycles. The number of benzene rings is 1. The van der Waals surface area contributed by atoms with Crippen molar-refractivity contribution in [2.45, 2.75) is 31.7 Å². The van der Waals surface area contributed by atoms with Gasteiger partial charge in [0.1, 0.15) is 5.69 Å². The number of nitrogens with zero attached hydrogens (tertiary/aromatic N) is 2. The highest BCUT2D eigenvalue weighted by Gasteiger charge is 2.51. The topological polar surface area (TPSA) is 33.2 Å². The molecule has 2 aromatic rings. The van der Waals surface area contributed by atoms with Crippen LogP contribution in [-0.4, -0.2) is 27.8 Å². The molecule has 3 saturated carbocycles. The van der Waals surface area contributed by atoms with Gasteiger partial charge in [-0.3, -0.25) is 4.79 Å². The van der Waals surface area contributed by atoms with E-state index in [4.69, 9.17) is 0 Å². The number of aromatic nitrogens is 1. The molecule has 3 nitrogen and oxygen atoms in total. The zero-order valence-electron chi connectivity index (χ0n) is 11.9. The average Bonchev–Trinajstić information content (AvgIpc) is 3.06. The number of likely N-dealkylation sites (tertiary alicyclic amines) is 1. The van der Waals surface area contributed by atoms with Gasteiger partial charge in [0.05, 0.1) is 4.70 Å². The summed E-state index contributed by atoms with van der Waals surface area (Å²) in [5.74, 6) is 2.57. The standard InChI is InChI=1S/C17H18N2OS/c20-17(16-13-3-1-2-4-15(13)21-18-16)19-9-11-7-10-5-6-12(11)14(19)8-10/h1-4,10-12,14H,5-9H2/t10-,11+,12?,14+/m1/s1. The summed E-state index contributed by atoms with van der Waals surface area (Å²) in [4.78, 5) is 15.2. The van der Waals surface area contributed by atoms with Crippen molar-refractivity contribution in [3.05, 3.63) is 30.0 Å². The second-order valence-electron chi connectivity index (χ2n) is 6.89. The average molecular weight is 298 g/mol. The van der Waals surface area contributed by atoms with Gasteiger partial charge in [0.2, 0.25) is 0 Å². The van der Waals surface area contributed by atoms with Gasteiger partial charge >= 0.3 is 0 Å². The first-order valence-electron chi connectivity index (χ1n) is 7.96. The number of hydrogen-bond acceptors (Lipinski definition) is 3. The van der Waals surface area contributed by atoms with E-state index in [1.165, 1.54) is 37.2 Å². The van der Waals surface area contributed by atoms with E-state index in [-0.39, 0.29) is 5.91 Å². The monoisotopic (exact) mass is 298 g/mol. The quantitative estimate of drug-likeness (QED) is 0.806. The first-order chi connectivity index (χ1) is 10.3. The lowest BCUT2D eigenvalue weighted by atomic mass is 9.65. The Kier molecular flexibility index (Phi) is 2.48. The molecule has 1 aliphatic heterocycles. The van der Waals surface area contributed by atoms with Gasteiger partial charge in [0.25, 0.3) is 5.91 Å². The molecule has 0 radical (unpaired) electrons. The highest BCUT2D eigenvalue weighted by atomic mass is 32.1. The molecule has 4 bridgehead atoms. The van der Waals surface area contributed by atoms with E-state index in [2.05, 4.69) is 9.27 Å². The minimum atomic E-state index is 0.174. The van der Waals surface area contributed by atoms with E-state index in [0.717, 1.165) is 34.4 Å². The van der Waals surface area contributed by atoms with Crippen molar-refractivity contribution >= 4 is 27.5 Å². The van der Waals surface area contributed by atoms with Crippen LogP contribution in [0.1, 0.15) is 36.2 Å². The fraction of sp³-hybridized carbons (Fsp3) is 0.529. The summed E-state index contributed by atoms with van der Waals surface area (Å²) in [7, 11) is 0. The minimum absolute atomic E-state index is 0.174. The fourth-order valence-electron chi connectivity index (χ4n) is 4.99. The van der Waals surface area contributed by atoms with Gasteiger partial charge in [0, 0.05) is 18.0 Å². The first-order valence-corrected chi connectivity index (χ1v) is 8.74. The molecule has 0 spiro atoms. The lowest BCUT2D eigenvalue weighted by Crippen LogP contribution is -2.42. The first kappa shape index (κ1) is 12.2. The Morgan fingerprint density at radius 3 is 3.00 bits per heavy atom. The van der Waals surface area contributed by atoms with Gasteiger partial charge in [-0.15, -0.1) is 0 Å². The Bertz CT molecular complexity index is 724. The number of hydrogen-bond donors (Lipinski definition) is 0. The zero-order valence-corrected chi connectivity index (χ0v) is 12.7. The lowest BCUT2D eigenvalue weighted by Gasteiger charge is -2.42. The Morgan fingerprint density at radius 1 is 1.24 bits per heavy atom. The summed E-state index contributed by atoms with van der Waals surface area (Å²) in [6.07, 6.45) is 5.30. The molecule has 4 fully saturated rings. The molecule has 1 unspecified atom stereocenters. The Morgan fingerprint density at radius 2 is 2.14 bits per heavy atom. The van der Waals surface area contributed by atoms with E-state index in [9.17, 15) is 4.79 Å². The number of carbonyl (C=O) groups is 1. The molecule has 1 saturated heterocycles. The molecule has 0 N–H and O–H groups in total. The van der Waals surface area contributed by atoms with Crippen LogP contribution in [0.25, 0.3) is 10.1 Å². The van der Waals surface area contributed by atoms with Crippen molar-refractivity contribution in [1.82, 2.24) is 9.27 Å². The summed E-state index contributed by atoms with van der Waals surface area (Å²) < 4.78 is 5.58. The van der Waals surface area contributed by atoms with Crippen LogP contribution in [0.3, 0.4) is 0 Å². The van der Waals surface area contributed by atoms with Gasteiger partial charge in [0.15, 0.2) is 0 Å². The van der Waals surface area contributed by atoms with E-state index in [1.807, 2.05) is 24.3 Å². The van der Waals surface area contributed by atoms with Crippen molar-refractivity contribution in [3.8, 4) is 0 Å². The van der Waals surface area contributed by atoms with Gasteiger partial charge in [-0.2, -0.15) is 4.37 Å². The van der Waals surface area contributed by atoms with Gasteiger partial charge < -0.3 is 4.90 Å². The number of carbonyl (C=O) groups excluding carboxylic acids is 1. The van der Waals surface area contributed by atoms with Gasteiger partial charge in [-0.05, 0) is 54.6 Å². The molecular formula is C17H18N2OS. The highest BCUT2D eigenvalue weighted by Crippen LogP contribution is 2.51. The van der Waals surface area contributed by atoms with E-state index in [1.54, 1.807) is 0 Å². The van der Waals surface area contributed by atoms with Crippen LogP contribution in [0.2, 0.25) is 0 Å². The number of rotatable bonds is 1. The molecule has 3 aliphatic carbocycles. The highest BCUT2D eigenvalue weighted by molar-refractivity contribution is 7.13. The van der Waals surface area contributed by atoms with Gasteiger partial charge in [-0.1, -0.05) is 24.6 Å². The van der Waals surface area contributed by atoms with Crippen LogP contribution in [0, 0.1) is 17.8 Å². The van der Waals surface area contributed by atoms with Crippen molar-refractivity contribution in [2.75, 3.05) is 6.54 Å².